The Morgan fingerprint density at radius 1 is 1.12 bits per heavy atom. The second-order valence-electron chi connectivity index (χ2n) is 7.31. The summed E-state index contributed by atoms with van der Waals surface area (Å²) in [5, 5.41) is 9.33. The topological polar surface area (TPSA) is 56.7 Å². The monoisotopic (exact) mass is 357 g/mol. The molecule has 2 aromatic rings. The Balaban J connectivity index is 1.58. The minimum absolute atomic E-state index is 0.109. The number of aromatic nitrogens is 1. The van der Waals surface area contributed by atoms with Crippen LogP contribution >= 0.6 is 0 Å². The average molecular weight is 357 g/mol. The maximum atomic E-state index is 13.1. The van der Waals surface area contributed by atoms with Crippen LogP contribution in [0.3, 0.4) is 0 Å². The van der Waals surface area contributed by atoms with Crippen molar-refractivity contribution < 1.29 is 14.3 Å². The van der Waals surface area contributed by atoms with Crippen LogP contribution in [0.4, 0.5) is 10.2 Å². The lowest BCUT2D eigenvalue weighted by Gasteiger charge is -2.37. The van der Waals surface area contributed by atoms with E-state index in [1.807, 2.05) is 18.7 Å². The van der Waals surface area contributed by atoms with Crippen molar-refractivity contribution in [1.29, 1.82) is 0 Å². The number of carbonyl (C=O) groups excluding carboxylic acids is 1. The molecule has 1 aliphatic rings. The second-order valence-corrected chi connectivity index (χ2v) is 7.31. The van der Waals surface area contributed by atoms with Crippen molar-refractivity contribution in [3.8, 4) is 5.75 Å². The number of piperazine rings is 1. The lowest BCUT2D eigenvalue weighted by molar-refractivity contribution is -0.132. The van der Waals surface area contributed by atoms with Gasteiger partial charge in [-0.05, 0) is 35.2 Å². The van der Waals surface area contributed by atoms with E-state index in [-0.39, 0.29) is 22.9 Å². The first kappa shape index (κ1) is 18.2. The molecule has 1 aromatic carbocycles. The fraction of sp³-hybridized carbons (Fsp3) is 0.400. The minimum Gasteiger partial charge on any atom is -0.506 e. The van der Waals surface area contributed by atoms with E-state index in [4.69, 9.17) is 0 Å². The van der Waals surface area contributed by atoms with E-state index in [9.17, 15) is 14.3 Å². The van der Waals surface area contributed by atoms with Gasteiger partial charge >= 0.3 is 0 Å². The molecule has 1 fully saturated rings. The number of rotatable bonds is 4. The SMILES string of the molecule is CC(C)(CC(=O)N1CCN(c2ccc(O)cn2)CC1)c1ccc(F)cc1. The van der Waals surface area contributed by atoms with Crippen LogP contribution < -0.4 is 4.90 Å². The highest BCUT2D eigenvalue weighted by Gasteiger charge is 2.29. The highest BCUT2D eigenvalue weighted by molar-refractivity contribution is 5.78. The third-order valence-electron chi connectivity index (χ3n) is 4.91. The summed E-state index contributed by atoms with van der Waals surface area (Å²) in [6.45, 7) is 6.71. The predicted molar refractivity (Wildman–Crippen MR) is 98.7 cm³/mol. The number of nitrogens with zero attached hydrogens (tertiary/aromatic N) is 3. The Morgan fingerprint density at radius 2 is 1.77 bits per heavy atom. The molecular weight excluding hydrogens is 333 g/mol. The maximum absolute atomic E-state index is 13.1. The lowest BCUT2D eigenvalue weighted by Crippen LogP contribution is -2.50. The Hall–Kier alpha value is -2.63. The summed E-state index contributed by atoms with van der Waals surface area (Å²) in [5.74, 6) is 0.791. The first-order valence-corrected chi connectivity index (χ1v) is 8.79. The summed E-state index contributed by atoms with van der Waals surface area (Å²) in [4.78, 5) is 20.9. The number of pyridine rings is 1. The molecule has 3 rings (SSSR count). The molecule has 0 saturated carbocycles. The van der Waals surface area contributed by atoms with Gasteiger partial charge in [0, 0.05) is 32.6 Å². The van der Waals surface area contributed by atoms with Gasteiger partial charge in [-0.3, -0.25) is 4.79 Å². The van der Waals surface area contributed by atoms with Crippen LogP contribution in [0.2, 0.25) is 0 Å². The maximum Gasteiger partial charge on any atom is 0.223 e. The molecule has 1 aliphatic heterocycles. The van der Waals surface area contributed by atoms with E-state index in [1.54, 1.807) is 24.3 Å². The zero-order valence-corrected chi connectivity index (χ0v) is 15.2. The van der Waals surface area contributed by atoms with Crippen molar-refractivity contribution in [2.24, 2.45) is 0 Å². The molecule has 0 unspecified atom stereocenters. The molecule has 1 aromatic heterocycles. The van der Waals surface area contributed by atoms with Crippen LogP contribution in [0.25, 0.3) is 0 Å². The van der Waals surface area contributed by atoms with E-state index < -0.39 is 0 Å². The second kappa shape index (κ2) is 7.32. The third kappa shape index (κ3) is 4.12. The van der Waals surface area contributed by atoms with Crippen LogP contribution in [0.15, 0.2) is 42.6 Å². The van der Waals surface area contributed by atoms with E-state index in [0.717, 1.165) is 11.4 Å². The first-order valence-electron chi connectivity index (χ1n) is 8.79. The molecule has 1 N–H and O–H groups in total. The Morgan fingerprint density at radius 3 is 2.35 bits per heavy atom. The largest absolute Gasteiger partial charge is 0.506 e. The van der Waals surface area contributed by atoms with Gasteiger partial charge in [-0.2, -0.15) is 0 Å². The Kier molecular flexibility index (Phi) is 5.11. The van der Waals surface area contributed by atoms with Crippen LogP contribution in [-0.4, -0.2) is 47.1 Å². The Bertz CT molecular complexity index is 752. The summed E-state index contributed by atoms with van der Waals surface area (Å²) < 4.78 is 13.1. The highest BCUT2D eigenvalue weighted by atomic mass is 19.1. The van der Waals surface area contributed by atoms with Crippen molar-refractivity contribution >= 4 is 11.7 Å². The van der Waals surface area contributed by atoms with Crippen molar-refractivity contribution in [1.82, 2.24) is 9.88 Å². The molecule has 0 bridgehead atoms. The number of aromatic hydroxyl groups is 1. The summed E-state index contributed by atoms with van der Waals surface area (Å²) in [7, 11) is 0. The number of halogens is 1. The molecule has 1 saturated heterocycles. The molecule has 138 valence electrons. The zero-order chi connectivity index (χ0) is 18.7. The molecule has 0 spiro atoms. The fourth-order valence-corrected chi connectivity index (χ4v) is 3.24. The van der Waals surface area contributed by atoms with Gasteiger partial charge in [-0.1, -0.05) is 26.0 Å². The first-order chi connectivity index (χ1) is 12.3. The number of benzene rings is 1. The molecule has 0 aliphatic carbocycles. The summed E-state index contributed by atoms with van der Waals surface area (Å²) in [5.41, 5.74) is 0.611. The van der Waals surface area contributed by atoms with Gasteiger partial charge in [-0.25, -0.2) is 9.37 Å². The van der Waals surface area contributed by atoms with Crippen LogP contribution in [0.1, 0.15) is 25.8 Å². The van der Waals surface area contributed by atoms with Crippen molar-refractivity contribution in [3.05, 3.63) is 54.0 Å². The van der Waals surface area contributed by atoms with Gasteiger partial charge in [0.1, 0.15) is 17.4 Å². The lowest BCUT2D eigenvalue weighted by atomic mass is 9.81. The van der Waals surface area contributed by atoms with Gasteiger partial charge in [-0.15, -0.1) is 0 Å². The van der Waals surface area contributed by atoms with Gasteiger partial charge in [0.15, 0.2) is 0 Å². The number of carbonyl (C=O) groups is 1. The van der Waals surface area contributed by atoms with Crippen molar-refractivity contribution in [3.63, 3.8) is 0 Å². The van der Waals surface area contributed by atoms with Crippen molar-refractivity contribution in [2.45, 2.75) is 25.7 Å². The standard InChI is InChI=1S/C20H24FN3O2/c1-20(2,15-3-5-16(21)6-4-15)13-19(26)24-11-9-23(10-12-24)18-8-7-17(25)14-22-18/h3-8,14,25H,9-13H2,1-2H3. The molecule has 2 heterocycles. The van der Waals surface area contributed by atoms with Gasteiger partial charge in [0.25, 0.3) is 0 Å². The van der Waals surface area contributed by atoms with Crippen LogP contribution in [0, 0.1) is 5.82 Å². The number of amides is 1. The number of hydrogen-bond acceptors (Lipinski definition) is 4. The van der Waals surface area contributed by atoms with Gasteiger partial charge < -0.3 is 14.9 Å². The van der Waals surface area contributed by atoms with Crippen LogP contribution in [-0.2, 0) is 10.2 Å². The Labute approximate surface area is 153 Å². The summed E-state index contributed by atoms with van der Waals surface area (Å²) in [6.07, 6.45) is 1.81. The average Bonchev–Trinajstić information content (AvgIpc) is 2.62. The molecule has 1 amide bonds. The molecule has 0 radical (unpaired) electrons. The molecular formula is C20H24FN3O2. The highest BCUT2D eigenvalue weighted by Crippen LogP contribution is 2.28. The molecule has 0 atom stereocenters. The number of hydrogen-bond donors (Lipinski definition) is 1. The van der Waals surface area contributed by atoms with Gasteiger partial charge in [0.2, 0.25) is 5.91 Å². The third-order valence-corrected chi connectivity index (χ3v) is 4.91. The molecule has 6 heteroatoms. The predicted octanol–water partition coefficient (Wildman–Crippen LogP) is 2.94. The normalized spacial score (nSPS) is 15.2. The smallest absolute Gasteiger partial charge is 0.223 e. The summed E-state index contributed by atoms with van der Waals surface area (Å²) >= 11 is 0. The summed E-state index contributed by atoms with van der Waals surface area (Å²) in [6, 6.07) is 9.76. The molecule has 26 heavy (non-hydrogen) atoms. The quantitative estimate of drug-likeness (QED) is 0.914. The number of anilines is 1. The molecule has 5 nitrogen and oxygen atoms in total. The van der Waals surface area contributed by atoms with Crippen LogP contribution in [0.5, 0.6) is 5.75 Å². The zero-order valence-electron chi connectivity index (χ0n) is 15.2. The van der Waals surface area contributed by atoms with E-state index in [2.05, 4.69) is 9.88 Å². The van der Waals surface area contributed by atoms with E-state index >= 15 is 0 Å². The van der Waals surface area contributed by atoms with E-state index in [0.29, 0.717) is 32.6 Å². The minimum atomic E-state index is -0.347. The fourth-order valence-electron chi connectivity index (χ4n) is 3.24. The van der Waals surface area contributed by atoms with Gasteiger partial charge in [0.05, 0.1) is 6.20 Å². The van der Waals surface area contributed by atoms with E-state index in [1.165, 1.54) is 18.3 Å². The van der Waals surface area contributed by atoms with Crippen molar-refractivity contribution in [2.75, 3.05) is 31.1 Å².